The molecule has 0 aliphatic carbocycles. The van der Waals surface area contributed by atoms with Gasteiger partial charge in [-0.15, -0.1) is 5.73 Å². The van der Waals surface area contributed by atoms with Gasteiger partial charge in [-0.05, 0) is 18.4 Å². The smallest absolute Gasteiger partial charge is 0.107 e. The molecule has 0 radical (unpaired) electrons. The topological polar surface area (TPSA) is 44.0 Å². The molecule has 1 N–H and O–H groups in total. The highest BCUT2D eigenvalue weighted by atomic mass is 16.3. The van der Waals surface area contributed by atoms with Gasteiger partial charge in [0, 0.05) is 12.0 Å². The average molecular weight is 213 g/mol. The Kier molecular flexibility index (Phi) is 5.08. The maximum atomic E-state index is 10.1. The van der Waals surface area contributed by atoms with Crippen LogP contribution in [0.15, 0.2) is 48.2 Å². The molecule has 2 heteroatoms. The Bertz CT molecular complexity index is 410. The van der Waals surface area contributed by atoms with Gasteiger partial charge in [0.25, 0.3) is 0 Å². The van der Waals surface area contributed by atoms with Crippen LogP contribution in [0.2, 0.25) is 0 Å². The number of benzene rings is 1. The highest BCUT2D eigenvalue weighted by Crippen LogP contribution is 2.24. The van der Waals surface area contributed by atoms with Crippen molar-refractivity contribution in [2.45, 2.75) is 25.4 Å². The van der Waals surface area contributed by atoms with Gasteiger partial charge in [0.1, 0.15) is 6.10 Å². The van der Waals surface area contributed by atoms with Crippen LogP contribution in [0.1, 0.15) is 30.9 Å². The maximum Gasteiger partial charge on any atom is 0.107 e. The Morgan fingerprint density at radius 2 is 2.06 bits per heavy atom. The minimum atomic E-state index is -0.655. The third kappa shape index (κ3) is 3.40. The van der Waals surface area contributed by atoms with Crippen molar-refractivity contribution in [1.82, 2.24) is 0 Å². The Labute approximate surface area is 96.2 Å². The van der Waals surface area contributed by atoms with E-state index in [1.165, 1.54) is 0 Å². The fraction of sp³-hybridized carbons (Fsp3) is 0.286. The molecule has 0 bridgehead atoms. The summed E-state index contributed by atoms with van der Waals surface area (Å²) in [6, 6.07) is 11.5. The van der Waals surface area contributed by atoms with E-state index in [-0.39, 0.29) is 0 Å². The Hall–Kier alpha value is -1.81. The molecular weight excluding hydrogens is 198 g/mol. The molecule has 0 spiro atoms. The fourth-order valence-electron chi connectivity index (χ4n) is 1.52. The van der Waals surface area contributed by atoms with E-state index >= 15 is 0 Å². The van der Waals surface area contributed by atoms with Gasteiger partial charge < -0.3 is 5.11 Å². The molecule has 82 valence electrons. The van der Waals surface area contributed by atoms with Gasteiger partial charge in [-0.25, -0.2) is 0 Å². The van der Waals surface area contributed by atoms with Gasteiger partial charge in [0.2, 0.25) is 0 Å². The van der Waals surface area contributed by atoms with Crippen molar-refractivity contribution in [3.8, 4) is 6.07 Å². The first kappa shape index (κ1) is 12.3. The molecule has 0 aliphatic rings. The average Bonchev–Trinajstić information content (AvgIpc) is 2.35. The first-order valence-electron chi connectivity index (χ1n) is 5.28. The Morgan fingerprint density at radius 3 is 2.62 bits per heavy atom. The van der Waals surface area contributed by atoms with Crippen molar-refractivity contribution in [3.05, 3.63) is 53.8 Å². The molecule has 0 saturated heterocycles. The molecule has 0 aromatic heterocycles. The predicted molar refractivity (Wildman–Crippen MR) is 63.5 cm³/mol. The summed E-state index contributed by atoms with van der Waals surface area (Å²) in [4.78, 5) is 0. The molecule has 2 nitrogen and oxygen atoms in total. The standard InChI is InChI=1S/C14H15NO/c1-2-12(8-6-7-11-15)14(16)13-9-4-3-5-10-13/h3-5,9-10,14,16H,1,6-8H2/t14-/m1/s1. The second-order valence-electron chi connectivity index (χ2n) is 3.53. The Morgan fingerprint density at radius 1 is 1.38 bits per heavy atom. The van der Waals surface area contributed by atoms with Crippen LogP contribution in [0.3, 0.4) is 0 Å². The van der Waals surface area contributed by atoms with Crippen molar-refractivity contribution in [3.63, 3.8) is 0 Å². The number of aliphatic hydroxyl groups is 1. The monoisotopic (exact) mass is 213 g/mol. The summed E-state index contributed by atoms with van der Waals surface area (Å²) in [5.74, 6) is 0. The van der Waals surface area contributed by atoms with E-state index in [4.69, 9.17) is 5.26 Å². The van der Waals surface area contributed by atoms with E-state index in [9.17, 15) is 5.11 Å². The zero-order valence-electron chi connectivity index (χ0n) is 9.19. The number of unbranched alkanes of at least 4 members (excludes halogenated alkanes) is 1. The van der Waals surface area contributed by atoms with Crippen LogP contribution < -0.4 is 0 Å². The molecule has 1 atom stereocenters. The minimum absolute atomic E-state index is 0.493. The number of hydrogen-bond acceptors (Lipinski definition) is 2. The highest BCUT2D eigenvalue weighted by Gasteiger charge is 2.11. The van der Waals surface area contributed by atoms with E-state index in [1.807, 2.05) is 30.3 Å². The van der Waals surface area contributed by atoms with Crippen molar-refractivity contribution in [1.29, 1.82) is 5.26 Å². The molecule has 0 amide bonds. The van der Waals surface area contributed by atoms with Crippen LogP contribution in [-0.4, -0.2) is 5.11 Å². The van der Waals surface area contributed by atoms with Gasteiger partial charge in [-0.3, -0.25) is 0 Å². The lowest BCUT2D eigenvalue weighted by Gasteiger charge is -2.12. The maximum absolute atomic E-state index is 10.1. The Balaban J connectivity index is 2.68. The highest BCUT2D eigenvalue weighted by molar-refractivity contribution is 5.25. The SMILES string of the molecule is C=C=C(CCCC#N)[C@@H](O)c1ccccc1. The molecule has 0 aliphatic heterocycles. The molecule has 0 saturated carbocycles. The first-order chi connectivity index (χ1) is 7.79. The van der Waals surface area contributed by atoms with Crippen molar-refractivity contribution >= 4 is 0 Å². The number of nitriles is 1. The van der Waals surface area contributed by atoms with Crippen LogP contribution in [0.4, 0.5) is 0 Å². The summed E-state index contributed by atoms with van der Waals surface area (Å²) in [7, 11) is 0. The fourth-order valence-corrected chi connectivity index (χ4v) is 1.52. The zero-order chi connectivity index (χ0) is 11.8. The summed E-state index contributed by atoms with van der Waals surface area (Å²) in [6.07, 6.45) is 1.23. The van der Waals surface area contributed by atoms with Crippen molar-refractivity contribution in [2.24, 2.45) is 0 Å². The van der Waals surface area contributed by atoms with E-state index in [2.05, 4.69) is 18.4 Å². The molecule has 0 fully saturated rings. The van der Waals surface area contributed by atoms with Crippen LogP contribution >= 0.6 is 0 Å². The largest absolute Gasteiger partial charge is 0.383 e. The molecule has 0 unspecified atom stereocenters. The van der Waals surface area contributed by atoms with Crippen LogP contribution in [-0.2, 0) is 0 Å². The number of hydrogen-bond donors (Lipinski definition) is 1. The number of rotatable bonds is 5. The molecule has 1 rings (SSSR count). The van der Waals surface area contributed by atoms with E-state index in [0.717, 1.165) is 17.6 Å². The van der Waals surface area contributed by atoms with E-state index in [0.29, 0.717) is 12.8 Å². The van der Waals surface area contributed by atoms with Gasteiger partial charge in [0.05, 0.1) is 6.07 Å². The summed E-state index contributed by atoms with van der Waals surface area (Å²) in [5.41, 5.74) is 4.36. The lowest BCUT2D eigenvalue weighted by molar-refractivity contribution is 0.211. The summed E-state index contributed by atoms with van der Waals surface area (Å²) in [6.45, 7) is 3.58. The third-order valence-electron chi connectivity index (χ3n) is 2.41. The van der Waals surface area contributed by atoms with Crippen molar-refractivity contribution in [2.75, 3.05) is 0 Å². The number of nitrogens with zero attached hydrogens (tertiary/aromatic N) is 1. The van der Waals surface area contributed by atoms with E-state index < -0.39 is 6.10 Å². The molecule has 16 heavy (non-hydrogen) atoms. The second kappa shape index (κ2) is 6.63. The quantitative estimate of drug-likeness (QED) is 0.603. The first-order valence-corrected chi connectivity index (χ1v) is 5.28. The third-order valence-corrected chi connectivity index (χ3v) is 2.41. The van der Waals surface area contributed by atoms with Gasteiger partial charge in [-0.2, -0.15) is 5.26 Å². The van der Waals surface area contributed by atoms with Gasteiger partial charge in [0.15, 0.2) is 0 Å². The van der Waals surface area contributed by atoms with E-state index in [1.54, 1.807) is 0 Å². The normalized spacial score (nSPS) is 11.2. The van der Waals surface area contributed by atoms with Gasteiger partial charge >= 0.3 is 0 Å². The minimum Gasteiger partial charge on any atom is -0.383 e. The predicted octanol–water partition coefficient (Wildman–Crippen LogP) is 3.13. The second-order valence-corrected chi connectivity index (χ2v) is 3.53. The molecule has 0 heterocycles. The molecular formula is C14H15NO. The van der Waals surface area contributed by atoms with Crippen LogP contribution in [0.5, 0.6) is 0 Å². The van der Waals surface area contributed by atoms with Gasteiger partial charge in [-0.1, -0.05) is 36.9 Å². The lowest BCUT2D eigenvalue weighted by atomic mass is 9.98. The van der Waals surface area contributed by atoms with Crippen molar-refractivity contribution < 1.29 is 5.11 Å². The molecule has 1 aromatic carbocycles. The summed E-state index contributed by atoms with van der Waals surface area (Å²) < 4.78 is 0. The lowest BCUT2D eigenvalue weighted by Crippen LogP contribution is -2.00. The summed E-state index contributed by atoms with van der Waals surface area (Å²) in [5, 5.41) is 18.5. The molecule has 1 aromatic rings. The summed E-state index contributed by atoms with van der Waals surface area (Å²) >= 11 is 0. The zero-order valence-corrected chi connectivity index (χ0v) is 9.19. The van der Waals surface area contributed by atoms with Crippen LogP contribution in [0, 0.1) is 11.3 Å². The number of aliphatic hydroxyl groups excluding tert-OH is 1. The van der Waals surface area contributed by atoms with Crippen LogP contribution in [0.25, 0.3) is 0 Å².